The minimum absolute atomic E-state index is 0.0280. The Bertz CT molecular complexity index is 1240. The van der Waals surface area contributed by atoms with Gasteiger partial charge in [-0.1, -0.05) is 13.8 Å². The molecular formula is C35H54O13. The zero-order valence-electron chi connectivity index (χ0n) is 28.1. The number of allylic oxidation sites excluding steroid dienone is 1. The molecule has 48 heavy (non-hydrogen) atoms. The molecule has 272 valence electrons. The second-order valence-corrected chi connectivity index (χ2v) is 16.3. The zero-order chi connectivity index (χ0) is 34.3. The van der Waals surface area contributed by atoms with Crippen LogP contribution in [0.1, 0.15) is 85.0 Å². The first-order valence-electron chi connectivity index (χ1n) is 18.0. The monoisotopic (exact) mass is 682 g/mol. The van der Waals surface area contributed by atoms with Gasteiger partial charge in [0.15, 0.2) is 12.6 Å². The van der Waals surface area contributed by atoms with E-state index in [0.29, 0.717) is 18.3 Å². The highest BCUT2D eigenvalue weighted by molar-refractivity contribution is 5.75. The van der Waals surface area contributed by atoms with Gasteiger partial charge in [0.05, 0.1) is 30.8 Å². The number of carbonyl (C=O) groups excluding carboxylic acids is 1. The maximum absolute atomic E-state index is 12.5. The number of hydrogen-bond donors (Lipinski definition) is 7. The molecule has 2 saturated heterocycles. The molecule has 0 radical (unpaired) electrons. The highest BCUT2D eigenvalue weighted by Gasteiger charge is 2.68. The number of aliphatic hydroxyl groups is 7. The van der Waals surface area contributed by atoms with E-state index < -0.39 is 73.6 Å². The molecule has 18 atom stereocenters. The second kappa shape index (κ2) is 12.8. The summed E-state index contributed by atoms with van der Waals surface area (Å²) in [5.41, 5.74) is -1.11. The number of cyclic esters (lactones) is 1. The molecule has 7 aliphatic rings. The molecule has 7 N–H and O–H groups in total. The number of rotatable bonds is 6. The topological polar surface area (TPSA) is 205 Å². The first kappa shape index (κ1) is 35.2. The number of ether oxygens (including phenoxy) is 5. The third-order valence-corrected chi connectivity index (χ3v) is 14.1. The van der Waals surface area contributed by atoms with Crippen molar-refractivity contribution >= 4 is 5.97 Å². The number of aliphatic hydroxyl groups excluding tert-OH is 6. The fourth-order valence-electron chi connectivity index (χ4n) is 11.2. The molecule has 4 aliphatic carbocycles. The Labute approximate surface area is 281 Å². The lowest BCUT2D eigenvalue weighted by Gasteiger charge is -2.63. The molecule has 7 rings (SSSR count). The van der Waals surface area contributed by atoms with Crippen LogP contribution < -0.4 is 0 Å². The molecule has 0 aromatic carbocycles. The van der Waals surface area contributed by atoms with E-state index in [0.717, 1.165) is 63.5 Å². The smallest absolute Gasteiger partial charge is 0.314 e. The van der Waals surface area contributed by atoms with Crippen LogP contribution in [0.5, 0.6) is 0 Å². The first-order chi connectivity index (χ1) is 22.7. The number of fused-ring (bicyclic) bond motifs is 5. The number of carbonyl (C=O) groups is 1. The normalized spacial score (nSPS) is 55.3. The van der Waals surface area contributed by atoms with E-state index in [1.165, 1.54) is 0 Å². The van der Waals surface area contributed by atoms with Gasteiger partial charge >= 0.3 is 5.97 Å². The Hall–Kier alpha value is -1.23. The predicted octanol–water partition coefficient (Wildman–Crippen LogP) is 0.628. The molecule has 0 aromatic heterocycles. The predicted molar refractivity (Wildman–Crippen MR) is 165 cm³/mol. The van der Waals surface area contributed by atoms with E-state index in [1.807, 2.05) is 6.08 Å². The summed E-state index contributed by atoms with van der Waals surface area (Å²) in [5, 5.41) is 74.7. The Morgan fingerprint density at radius 3 is 2.27 bits per heavy atom. The van der Waals surface area contributed by atoms with Gasteiger partial charge in [-0.15, -0.1) is 0 Å². The first-order valence-corrected chi connectivity index (χ1v) is 18.0. The Morgan fingerprint density at radius 1 is 0.833 bits per heavy atom. The largest absolute Gasteiger partial charge is 0.431 e. The zero-order valence-corrected chi connectivity index (χ0v) is 28.1. The van der Waals surface area contributed by atoms with Crippen molar-refractivity contribution in [3.05, 3.63) is 11.8 Å². The van der Waals surface area contributed by atoms with Crippen molar-refractivity contribution in [3.8, 4) is 0 Å². The van der Waals surface area contributed by atoms with E-state index >= 15 is 0 Å². The molecule has 0 bridgehead atoms. The molecule has 0 spiro atoms. The van der Waals surface area contributed by atoms with Crippen LogP contribution >= 0.6 is 0 Å². The molecule has 3 aliphatic heterocycles. The molecular weight excluding hydrogens is 628 g/mol. The van der Waals surface area contributed by atoms with E-state index in [1.54, 1.807) is 6.92 Å². The average molecular weight is 683 g/mol. The summed E-state index contributed by atoms with van der Waals surface area (Å²) in [6.07, 6.45) is -3.69. The molecule has 3 heterocycles. The van der Waals surface area contributed by atoms with E-state index in [9.17, 15) is 40.5 Å². The highest BCUT2D eigenvalue weighted by Crippen LogP contribution is 2.70. The average Bonchev–Trinajstić information content (AvgIpc) is 3.61. The third kappa shape index (κ3) is 5.42. The Balaban J connectivity index is 0.975. The summed E-state index contributed by atoms with van der Waals surface area (Å²) in [7, 11) is 0. The van der Waals surface area contributed by atoms with Crippen molar-refractivity contribution in [2.75, 3.05) is 6.61 Å². The molecule has 18 unspecified atom stereocenters. The Morgan fingerprint density at radius 2 is 1.56 bits per heavy atom. The molecule has 0 amide bonds. The molecule has 6 fully saturated rings. The number of esters is 1. The number of hydrogen-bond acceptors (Lipinski definition) is 13. The quantitative estimate of drug-likeness (QED) is 0.152. The maximum Gasteiger partial charge on any atom is 0.314 e. The fraction of sp³-hybridized carbons (Fsp3) is 0.914. The van der Waals surface area contributed by atoms with Crippen LogP contribution in [0.2, 0.25) is 0 Å². The van der Waals surface area contributed by atoms with Gasteiger partial charge in [-0.3, -0.25) is 4.79 Å². The van der Waals surface area contributed by atoms with Crippen molar-refractivity contribution in [2.45, 2.75) is 158 Å². The highest BCUT2D eigenvalue weighted by atomic mass is 16.7. The van der Waals surface area contributed by atoms with Crippen LogP contribution in [0.15, 0.2) is 11.8 Å². The van der Waals surface area contributed by atoms with Gasteiger partial charge in [-0.05, 0) is 94.0 Å². The lowest BCUT2D eigenvalue weighted by atomic mass is 9.43. The van der Waals surface area contributed by atoms with Gasteiger partial charge in [0, 0.05) is 11.3 Å². The van der Waals surface area contributed by atoms with Gasteiger partial charge < -0.3 is 59.4 Å². The summed E-state index contributed by atoms with van der Waals surface area (Å²) in [6.45, 7) is 5.60. The van der Waals surface area contributed by atoms with E-state index in [2.05, 4.69) is 13.8 Å². The van der Waals surface area contributed by atoms with E-state index in [4.69, 9.17) is 23.7 Å². The standard InChI is InChI=1S/C35H54O13/c1-16-30(48-32-28(41)26(39)25(38)23(15-36)47-32)27(40)29(42)31(44-16)45-18-8-11-33(2)17(14-18)4-5-20-19(33)9-12-34(3)21(10-13-35(20,34)43)22-6-7-24(37)46-22/h6,16-21,23,25-32,36,38-43H,4-5,7-15H2,1-3H3. The van der Waals surface area contributed by atoms with Gasteiger partial charge in [0.1, 0.15) is 48.5 Å². The SMILES string of the molecule is CC1OC(OC2CCC3(C)C(CCC4C3CCC3(C)C(C5=CCC(=O)O5)CCC43O)C2)C(O)C(O)C1OC1OC(CO)C(O)C(O)C1O. The molecule has 13 heteroatoms. The van der Waals surface area contributed by atoms with Gasteiger partial charge in [-0.2, -0.15) is 0 Å². The second-order valence-electron chi connectivity index (χ2n) is 16.3. The summed E-state index contributed by atoms with van der Waals surface area (Å²) in [4.78, 5) is 11.9. The van der Waals surface area contributed by atoms with Crippen molar-refractivity contribution < 1.29 is 64.2 Å². The van der Waals surface area contributed by atoms with Gasteiger partial charge in [-0.25, -0.2) is 0 Å². The molecule has 0 aromatic rings. The van der Waals surface area contributed by atoms with E-state index in [-0.39, 0.29) is 34.7 Å². The van der Waals surface area contributed by atoms with Gasteiger partial charge in [0.2, 0.25) is 0 Å². The van der Waals surface area contributed by atoms with Gasteiger partial charge in [0.25, 0.3) is 0 Å². The van der Waals surface area contributed by atoms with Crippen LogP contribution in [-0.2, 0) is 28.5 Å². The summed E-state index contributed by atoms with van der Waals surface area (Å²) in [6, 6.07) is 0. The van der Waals surface area contributed by atoms with Crippen molar-refractivity contribution in [1.82, 2.24) is 0 Å². The van der Waals surface area contributed by atoms with Crippen LogP contribution in [0, 0.1) is 34.5 Å². The Kier molecular flexibility index (Phi) is 9.36. The van der Waals surface area contributed by atoms with Crippen molar-refractivity contribution in [3.63, 3.8) is 0 Å². The lowest BCUT2D eigenvalue weighted by molar-refractivity contribution is -0.360. The summed E-state index contributed by atoms with van der Waals surface area (Å²) in [5.74, 6) is 1.53. The van der Waals surface area contributed by atoms with Crippen molar-refractivity contribution in [1.29, 1.82) is 0 Å². The van der Waals surface area contributed by atoms with Crippen LogP contribution in [-0.4, -0.2) is 121 Å². The molecule has 13 nitrogen and oxygen atoms in total. The summed E-state index contributed by atoms with van der Waals surface area (Å²) < 4.78 is 29.2. The lowest BCUT2D eigenvalue weighted by Crippen LogP contribution is -2.64. The van der Waals surface area contributed by atoms with Crippen LogP contribution in [0.4, 0.5) is 0 Å². The minimum atomic E-state index is -1.65. The van der Waals surface area contributed by atoms with Crippen molar-refractivity contribution in [2.24, 2.45) is 34.5 Å². The maximum atomic E-state index is 12.5. The molecule has 4 saturated carbocycles. The minimum Gasteiger partial charge on any atom is -0.431 e. The summed E-state index contributed by atoms with van der Waals surface area (Å²) >= 11 is 0. The van der Waals surface area contributed by atoms with Crippen LogP contribution in [0.3, 0.4) is 0 Å². The fourth-order valence-corrected chi connectivity index (χ4v) is 11.2. The third-order valence-electron chi connectivity index (χ3n) is 14.1. The van der Waals surface area contributed by atoms with Crippen LogP contribution in [0.25, 0.3) is 0 Å².